The Morgan fingerprint density at radius 1 is 1.30 bits per heavy atom. The first-order valence-corrected chi connectivity index (χ1v) is 8.13. The fraction of sp³-hybridized carbons (Fsp3) is 0.500. The van der Waals surface area contributed by atoms with Crippen molar-refractivity contribution in [3.8, 4) is 0 Å². The third-order valence-electron chi connectivity index (χ3n) is 4.55. The first-order valence-electron chi connectivity index (χ1n) is 8.13. The van der Waals surface area contributed by atoms with Crippen LogP contribution in [0, 0.1) is 5.41 Å². The second-order valence-corrected chi connectivity index (χ2v) is 6.83. The molecule has 1 amide bonds. The summed E-state index contributed by atoms with van der Waals surface area (Å²) < 4.78 is 5.25. The summed E-state index contributed by atoms with van der Waals surface area (Å²) in [5.41, 5.74) is 1.58. The number of carbonyl (C=O) groups is 1. The molecule has 23 heavy (non-hydrogen) atoms. The lowest BCUT2D eigenvalue weighted by Gasteiger charge is -2.16. The Balaban J connectivity index is 1.50. The lowest BCUT2D eigenvalue weighted by Crippen LogP contribution is -2.28. The molecule has 5 heteroatoms. The summed E-state index contributed by atoms with van der Waals surface area (Å²) in [6, 6.07) is 9.93. The van der Waals surface area contributed by atoms with Crippen LogP contribution in [-0.4, -0.2) is 28.0 Å². The van der Waals surface area contributed by atoms with Gasteiger partial charge in [0, 0.05) is 20.0 Å². The molecule has 0 atom stereocenters. The van der Waals surface area contributed by atoms with Gasteiger partial charge >= 0.3 is 0 Å². The van der Waals surface area contributed by atoms with E-state index in [0.29, 0.717) is 23.7 Å². The van der Waals surface area contributed by atoms with E-state index >= 15 is 0 Å². The minimum Gasteiger partial charge on any atom is -0.341 e. The van der Waals surface area contributed by atoms with Gasteiger partial charge in [-0.25, -0.2) is 0 Å². The number of carbonyl (C=O) groups excluding carboxylic acids is 1. The molecule has 122 valence electrons. The Morgan fingerprint density at radius 3 is 2.74 bits per heavy atom. The molecule has 1 fully saturated rings. The van der Waals surface area contributed by atoms with Gasteiger partial charge < -0.3 is 9.42 Å². The number of hydrogen-bond donors (Lipinski definition) is 0. The van der Waals surface area contributed by atoms with E-state index in [-0.39, 0.29) is 12.3 Å². The minimum absolute atomic E-state index is 0.00430. The number of likely N-dealkylation sites (N-methyl/N-ethyl adjacent to an activating group) is 1. The summed E-state index contributed by atoms with van der Waals surface area (Å²) in [4.78, 5) is 18.3. The normalized spacial score (nSPS) is 15.4. The molecule has 1 heterocycles. The highest BCUT2D eigenvalue weighted by Gasteiger charge is 2.36. The van der Waals surface area contributed by atoms with Gasteiger partial charge in [-0.2, -0.15) is 4.98 Å². The Bertz CT molecular complexity index is 662. The van der Waals surface area contributed by atoms with E-state index < -0.39 is 0 Å². The van der Waals surface area contributed by atoms with Gasteiger partial charge in [0.15, 0.2) is 5.82 Å². The van der Waals surface area contributed by atoms with Crippen molar-refractivity contribution in [1.29, 1.82) is 0 Å². The summed E-state index contributed by atoms with van der Waals surface area (Å²) in [5, 5.41) is 3.93. The van der Waals surface area contributed by atoms with Crippen molar-refractivity contribution in [2.45, 2.75) is 45.6 Å². The van der Waals surface area contributed by atoms with Gasteiger partial charge in [0.05, 0.1) is 6.42 Å². The van der Waals surface area contributed by atoms with Gasteiger partial charge in [-0.3, -0.25) is 4.79 Å². The summed E-state index contributed by atoms with van der Waals surface area (Å²) in [6.45, 7) is 2.87. The van der Waals surface area contributed by atoms with Gasteiger partial charge in [-0.1, -0.05) is 42.4 Å². The van der Waals surface area contributed by atoms with Gasteiger partial charge in [0.1, 0.15) is 0 Å². The lowest BCUT2D eigenvalue weighted by molar-refractivity contribution is -0.129. The average Bonchev–Trinajstić information content (AvgIpc) is 3.11. The smallest absolute Gasteiger partial charge is 0.230 e. The maximum absolute atomic E-state index is 12.3. The number of aryl methyl sites for hydroxylation is 1. The van der Waals surface area contributed by atoms with E-state index in [1.165, 1.54) is 12.8 Å². The zero-order valence-electron chi connectivity index (χ0n) is 13.8. The zero-order chi connectivity index (χ0) is 16.3. The van der Waals surface area contributed by atoms with Crippen LogP contribution in [0.4, 0.5) is 0 Å². The number of hydrogen-bond acceptors (Lipinski definition) is 4. The minimum atomic E-state index is -0.00430. The average molecular weight is 313 g/mol. The molecule has 0 bridgehead atoms. The highest BCUT2D eigenvalue weighted by atomic mass is 16.5. The van der Waals surface area contributed by atoms with Crippen molar-refractivity contribution in [3.63, 3.8) is 0 Å². The van der Waals surface area contributed by atoms with E-state index in [1.807, 2.05) is 30.3 Å². The lowest BCUT2D eigenvalue weighted by atomic mass is 10.0. The highest BCUT2D eigenvalue weighted by Crippen LogP contribution is 2.48. The maximum Gasteiger partial charge on any atom is 0.230 e. The summed E-state index contributed by atoms with van der Waals surface area (Å²) in [6.07, 6.45) is 4.64. The molecule has 1 aromatic carbocycles. The van der Waals surface area contributed by atoms with Crippen LogP contribution in [0.1, 0.15) is 43.5 Å². The SMILES string of the molecule is CN(Cc1ccccc1)C(=O)Cc1noc(CCC2(C)CC2)n1. The Labute approximate surface area is 136 Å². The molecule has 0 spiro atoms. The first kappa shape index (κ1) is 15.7. The molecule has 1 aliphatic rings. The number of benzene rings is 1. The molecule has 0 unspecified atom stereocenters. The predicted molar refractivity (Wildman–Crippen MR) is 86.6 cm³/mol. The van der Waals surface area contributed by atoms with E-state index in [1.54, 1.807) is 11.9 Å². The largest absolute Gasteiger partial charge is 0.341 e. The van der Waals surface area contributed by atoms with Gasteiger partial charge in [-0.15, -0.1) is 0 Å². The number of amides is 1. The molecule has 2 aromatic rings. The summed E-state index contributed by atoms with van der Waals surface area (Å²) in [5.74, 6) is 1.12. The van der Waals surface area contributed by atoms with E-state index in [4.69, 9.17) is 4.52 Å². The summed E-state index contributed by atoms with van der Waals surface area (Å²) >= 11 is 0. The number of nitrogens with zero attached hydrogens (tertiary/aromatic N) is 3. The monoisotopic (exact) mass is 313 g/mol. The second-order valence-electron chi connectivity index (χ2n) is 6.83. The van der Waals surface area contributed by atoms with E-state index in [9.17, 15) is 4.79 Å². The fourth-order valence-electron chi connectivity index (χ4n) is 2.55. The van der Waals surface area contributed by atoms with Crippen LogP contribution in [0.2, 0.25) is 0 Å². The van der Waals surface area contributed by atoms with Crippen LogP contribution in [0.5, 0.6) is 0 Å². The molecule has 1 saturated carbocycles. The third-order valence-corrected chi connectivity index (χ3v) is 4.55. The van der Waals surface area contributed by atoms with Gasteiger partial charge in [-0.05, 0) is 30.2 Å². The molecular formula is C18H23N3O2. The van der Waals surface area contributed by atoms with Gasteiger partial charge in [0.2, 0.25) is 11.8 Å². The van der Waals surface area contributed by atoms with Crippen LogP contribution in [0.15, 0.2) is 34.9 Å². The van der Waals surface area contributed by atoms with Crippen LogP contribution in [-0.2, 0) is 24.2 Å². The Hall–Kier alpha value is -2.17. The number of rotatable bonds is 7. The molecule has 0 saturated heterocycles. The molecule has 5 nitrogen and oxygen atoms in total. The topological polar surface area (TPSA) is 59.2 Å². The molecule has 3 rings (SSSR count). The van der Waals surface area contributed by atoms with Crippen molar-refractivity contribution in [1.82, 2.24) is 15.0 Å². The Morgan fingerprint density at radius 2 is 2.04 bits per heavy atom. The molecular weight excluding hydrogens is 290 g/mol. The fourth-order valence-corrected chi connectivity index (χ4v) is 2.55. The quantitative estimate of drug-likeness (QED) is 0.788. The van der Waals surface area contributed by atoms with E-state index in [0.717, 1.165) is 18.4 Å². The van der Waals surface area contributed by atoms with Crippen LogP contribution >= 0.6 is 0 Å². The molecule has 0 aliphatic heterocycles. The molecule has 0 radical (unpaired) electrons. The standard InChI is InChI=1S/C18H23N3O2/c1-18(10-11-18)9-8-16-19-15(20-23-16)12-17(22)21(2)13-14-6-4-3-5-7-14/h3-7H,8-13H2,1-2H3. The van der Waals surface area contributed by atoms with E-state index in [2.05, 4.69) is 17.1 Å². The highest BCUT2D eigenvalue weighted by molar-refractivity contribution is 5.77. The van der Waals surface area contributed by atoms with Crippen molar-refractivity contribution in [2.24, 2.45) is 5.41 Å². The van der Waals surface area contributed by atoms with Crippen molar-refractivity contribution < 1.29 is 9.32 Å². The molecule has 1 aliphatic carbocycles. The van der Waals surface area contributed by atoms with Crippen molar-refractivity contribution in [3.05, 3.63) is 47.6 Å². The third kappa shape index (κ3) is 4.41. The van der Waals surface area contributed by atoms with Crippen molar-refractivity contribution in [2.75, 3.05) is 7.05 Å². The van der Waals surface area contributed by atoms with Crippen LogP contribution in [0.25, 0.3) is 0 Å². The van der Waals surface area contributed by atoms with Gasteiger partial charge in [0.25, 0.3) is 0 Å². The molecule has 0 N–H and O–H groups in total. The Kier molecular flexibility index (Phi) is 4.46. The second kappa shape index (κ2) is 6.52. The zero-order valence-corrected chi connectivity index (χ0v) is 13.8. The van der Waals surface area contributed by atoms with Crippen LogP contribution in [0.3, 0.4) is 0 Å². The molecule has 1 aromatic heterocycles. The summed E-state index contributed by atoms with van der Waals surface area (Å²) in [7, 11) is 1.80. The number of aromatic nitrogens is 2. The predicted octanol–water partition coefficient (Wildman–Crippen LogP) is 3.00. The van der Waals surface area contributed by atoms with Crippen LogP contribution < -0.4 is 0 Å². The maximum atomic E-state index is 12.3. The van der Waals surface area contributed by atoms with Crippen molar-refractivity contribution >= 4 is 5.91 Å². The first-order chi connectivity index (χ1) is 11.0.